The molecule has 0 atom stereocenters. The van der Waals surface area contributed by atoms with Crippen LogP contribution in [0, 0.1) is 6.92 Å². The molecule has 1 N–H and O–H groups in total. The van der Waals surface area contributed by atoms with Crippen molar-refractivity contribution in [3.05, 3.63) is 27.7 Å². The summed E-state index contributed by atoms with van der Waals surface area (Å²) in [5, 5.41) is 3.59. The molecule has 4 heteroatoms. The molecule has 1 aromatic rings. The van der Waals surface area contributed by atoms with Crippen molar-refractivity contribution in [2.75, 3.05) is 20.3 Å². The minimum Gasteiger partial charge on any atom is -0.496 e. The molecule has 100 valence electrons. The number of nitrogens with one attached hydrogen (secondary N) is 1. The second kappa shape index (κ2) is 6.55. The minimum absolute atomic E-state index is 0.558. The van der Waals surface area contributed by atoms with Crippen molar-refractivity contribution in [1.82, 2.24) is 5.32 Å². The van der Waals surface area contributed by atoms with E-state index < -0.39 is 0 Å². The quantitative estimate of drug-likeness (QED) is 0.927. The number of rotatable bonds is 4. The molecule has 1 fully saturated rings. The first-order valence-electron chi connectivity index (χ1n) is 6.35. The second-order valence-corrected chi connectivity index (χ2v) is 5.60. The first kappa shape index (κ1) is 13.8. The van der Waals surface area contributed by atoms with Crippen LogP contribution in [0.1, 0.15) is 24.0 Å². The SMILES string of the molecule is COc1c(C)cc(Br)cc1CNC1CCOCC1. The Kier molecular flexibility index (Phi) is 5.03. The molecule has 0 radical (unpaired) electrons. The maximum atomic E-state index is 5.49. The molecule has 0 amide bonds. The number of hydrogen-bond donors (Lipinski definition) is 1. The molecule has 0 aliphatic carbocycles. The smallest absolute Gasteiger partial charge is 0.126 e. The van der Waals surface area contributed by atoms with Crippen molar-refractivity contribution in [2.45, 2.75) is 32.4 Å². The van der Waals surface area contributed by atoms with E-state index >= 15 is 0 Å². The van der Waals surface area contributed by atoms with Gasteiger partial charge in [-0.05, 0) is 37.5 Å². The molecule has 1 aromatic carbocycles. The van der Waals surface area contributed by atoms with Gasteiger partial charge in [0.1, 0.15) is 5.75 Å². The molecule has 3 nitrogen and oxygen atoms in total. The van der Waals surface area contributed by atoms with Crippen LogP contribution in [-0.2, 0) is 11.3 Å². The van der Waals surface area contributed by atoms with Gasteiger partial charge in [0.2, 0.25) is 0 Å². The first-order chi connectivity index (χ1) is 8.70. The third-order valence-electron chi connectivity index (χ3n) is 3.32. The fraction of sp³-hybridized carbons (Fsp3) is 0.571. The number of methoxy groups -OCH3 is 1. The first-order valence-corrected chi connectivity index (χ1v) is 7.14. The third-order valence-corrected chi connectivity index (χ3v) is 3.78. The van der Waals surface area contributed by atoms with Gasteiger partial charge in [-0.1, -0.05) is 15.9 Å². The lowest BCUT2D eigenvalue weighted by molar-refractivity contribution is 0.0775. The lowest BCUT2D eigenvalue weighted by atomic mass is 10.1. The monoisotopic (exact) mass is 313 g/mol. The van der Waals surface area contributed by atoms with Gasteiger partial charge in [-0.3, -0.25) is 0 Å². The van der Waals surface area contributed by atoms with E-state index in [-0.39, 0.29) is 0 Å². The third kappa shape index (κ3) is 3.46. The van der Waals surface area contributed by atoms with E-state index in [2.05, 4.69) is 40.3 Å². The van der Waals surface area contributed by atoms with Crippen molar-refractivity contribution in [1.29, 1.82) is 0 Å². The van der Waals surface area contributed by atoms with Crippen molar-refractivity contribution in [3.8, 4) is 5.75 Å². The molecule has 1 aliphatic rings. The fourth-order valence-electron chi connectivity index (χ4n) is 2.38. The topological polar surface area (TPSA) is 30.5 Å². The van der Waals surface area contributed by atoms with Crippen molar-refractivity contribution >= 4 is 15.9 Å². The summed E-state index contributed by atoms with van der Waals surface area (Å²) in [7, 11) is 1.73. The van der Waals surface area contributed by atoms with Crippen molar-refractivity contribution in [2.24, 2.45) is 0 Å². The Hall–Kier alpha value is -0.580. The van der Waals surface area contributed by atoms with Crippen LogP contribution in [0.25, 0.3) is 0 Å². The van der Waals surface area contributed by atoms with Crippen molar-refractivity contribution in [3.63, 3.8) is 0 Å². The van der Waals surface area contributed by atoms with Crippen LogP contribution in [0.2, 0.25) is 0 Å². The van der Waals surface area contributed by atoms with Crippen LogP contribution in [0.3, 0.4) is 0 Å². The summed E-state index contributed by atoms with van der Waals surface area (Å²) in [6.45, 7) is 4.65. The Balaban J connectivity index is 2.03. The van der Waals surface area contributed by atoms with Gasteiger partial charge in [-0.15, -0.1) is 0 Å². The molecule has 0 saturated carbocycles. The molecule has 1 saturated heterocycles. The van der Waals surface area contributed by atoms with E-state index in [1.807, 2.05) is 0 Å². The molecular weight excluding hydrogens is 294 g/mol. The van der Waals surface area contributed by atoms with Gasteiger partial charge in [0.25, 0.3) is 0 Å². The fourth-order valence-corrected chi connectivity index (χ4v) is 3.00. The summed E-state index contributed by atoms with van der Waals surface area (Å²) in [6, 6.07) is 4.76. The van der Waals surface area contributed by atoms with Gasteiger partial charge in [0.15, 0.2) is 0 Å². The van der Waals surface area contributed by atoms with Crippen LogP contribution in [-0.4, -0.2) is 26.4 Å². The minimum atomic E-state index is 0.558. The van der Waals surface area contributed by atoms with E-state index in [9.17, 15) is 0 Å². The molecule has 18 heavy (non-hydrogen) atoms. The van der Waals surface area contributed by atoms with E-state index in [4.69, 9.17) is 9.47 Å². The van der Waals surface area contributed by atoms with Crippen LogP contribution >= 0.6 is 15.9 Å². The van der Waals surface area contributed by atoms with Gasteiger partial charge in [-0.25, -0.2) is 0 Å². The maximum absolute atomic E-state index is 5.49. The predicted molar refractivity (Wildman–Crippen MR) is 76.1 cm³/mol. The highest BCUT2D eigenvalue weighted by atomic mass is 79.9. The zero-order valence-corrected chi connectivity index (χ0v) is 12.5. The van der Waals surface area contributed by atoms with Crippen LogP contribution in [0.5, 0.6) is 5.75 Å². The van der Waals surface area contributed by atoms with Crippen LogP contribution in [0.15, 0.2) is 16.6 Å². The second-order valence-electron chi connectivity index (χ2n) is 4.68. The van der Waals surface area contributed by atoms with Gasteiger partial charge < -0.3 is 14.8 Å². The van der Waals surface area contributed by atoms with E-state index in [1.54, 1.807) is 7.11 Å². The highest BCUT2D eigenvalue weighted by Gasteiger charge is 2.14. The lowest BCUT2D eigenvalue weighted by Crippen LogP contribution is -2.34. The number of hydrogen-bond acceptors (Lipinski definition) is 3. The Bertz CT molecular complexity index is 403. The van der Waals surface area contributed by atoms with E-state index in [0.29, 0.717) is 6.04 Å². The van der Waals surface area contributed by atoms with Gasteiger partial charge >= 0.3 is 0 Å². The summed E-state index contributed by atoms with van der Waals surface area (Å²) >= 11 is 3.54. The van der Waals surface area contributed by atoms with Gasteiger partial charge in [0, 0.05) is 35.8 Å². The number of aryl methyl sites for hydroxylation is 1. The normalized spacial score (nSPS) is 16.8. The number of benzene rings is 1. The van der Waals surface area contributed by atoms with Gasteiger partial charge in [-0.2, -0.15) is 0 Å². The Morgan fingerprint density at radius 2 is 2.11 bits per heavy atom. The molecule has 1 heterocycles. The average Bonchev–Trinajstić information content (AvgIpc) is 2.37. The molecule has 0 aromatic heterocycles. The summed E-state index contributed by atoms with van der Waals surface area (Å²) in [6.07, 6.45) is 2.19. The highest BCUT2D eigenvalue weighted by molar-refractivity contribution is 9.10. The Labute approximate surface area is 117 Å². The summed E-state index contributed by atoms with van der Waals surface area (Å²) < 4.78 is 11.9. The zero-order valence-electron chi connectivity index (χ0n) is 11.0. The summed E-state index contributed by atoms with van der Waals surface area (Å²) in [5.41, 5.74) is 2.37. The van der Waals surface area contributed by atoms with Crippen molar-refractivity contribution < 1.29 is 9.47 Å². The van der Waals surface area contributed by atoms with Gasteiger partial charge in [0.05, 0.1) is 7.11 Å². The van der Waals surface area contributed by atoms with E-state index in [1.165, 1.54) is 5.56 Å². The van der Waals surface area contributed by atoms with E-state index in [0.717, 1.165) is 48.4 Å². The summed E-state index contributed by atoms with van der Waals surface area (Å²) in [4.78, 5) is 0. The number of halogens is 1. The Morgan fingerprint density at radius 3 is 2.78 bits per heavy atom. The molecule has 2 rings (SSSR count). The predicted octanol–water partition coefficient (Wildman–Crippen LogP) is 3.03. The number of ether oxygens (including phenoxy) is 2. The molecule has 0 bridgehead atoms. The highest BCUT2D eigenvalue weighted by Crippen LogP contribution is 2.28. The van der Waals surface area contributed by atoms with Crippen LogP contribution in [0.4, 0.5) is 0 Å². The average molecular weight is 314 g/mol. The zero-order chi connectivity index (χ0) is 13.0. The molecule has 1 aliphatic heterocycles. The largest absolute Gasteiger partial charge is 0.496 e. The molecule has 0 unspecified atom stereocenters. The standard InChI is InChI=1S/C14H20BrNO2/c1-10-7-12(15)8-11(14(10)17-2)9-16-13-3-5-18-6-4-13/h7-8,13,16H,3-6,9H2,1-2H3. The lowest BCUT2D eigenvalue weighted by Gasteiger charge is -2.24. The molecule has 0 spiro atoms. The maximum Gasteiger partial charge on any atom is 0.126 e. The Morgan fingerprint density at radius 1 is 1.39 bits per heavy atom. The van der Waals surface area contributed by atoms with Crippen LogP contribution < -0.4 is 10.1 Å². The summed E-state index contributed by atoms with van der Waals surface area (Å²) in [5.74, 6) is 0.984. The molecular formula is C14H20BrNO2.